The van der Waals surface area contributed by atoms with Gasteiger partial charge in [0, 0.05) is 25.6 Å². The predicted molar refractivity (Wildman–Crippen MR) is 84.8 cm³/mol. The molecule has 21 heavy (non-hydrogen) atoms. The summed E-state index contributed by atoms with van der Waals surface area (Å²) in [5, 5.41) is 13.0. The lowest BCUT2D eigenvalue weighted by Crippen LogP contribution is -2.33. The molecule has 116 valence electrons. The first-order valence-corrected chi connectivity index (χ1v) is 8.49. The highest BCUT2D eigenvalue weighted by molar-refractivity contribution is 9.10. The summed E-state index contributed by atoms with van der Waals surface area (Å²) in [7, 11) is 0. The van der Waals surface area contributed by atoms with Crippen LogP contribution < -0.4 is 14.8 Å². The number of fused-ring (bicyclic) bond motifs is 1. The molecule has 2 unspecified atom stereocenters. The van der Waals surface area contributed by atoms with E-state index in [1.165, 1.54) is 12.0 Å². The summed E-state index contributed by atoms with van der Waals surface area (Å²) in [5.74, 6) is 2.03. The van der Waals surface area contributed by atoms with Crippen LogP contribution in [0.5, 0.6) is 11.5 Å². The summed E-state index contributed by atoms with van der Waals surface area (Å²) in [6.07, 6.45) is 4.39. The van der Waals surface area contributed by atoms with Gasteiger partial charge in [-0.05, 0) is 52.4 Å². The van der Waals surface area contributed by atoms with Crippen molar-refractivity contribution in [3.05, 3.63) is 22.2 Å². The van der Waals surface area contributed by atoms with Crippen LogP contribution in [0.4, 0.5) is 0 Å². The highest BCUT2D eigenvalue weighted by Gasteiger charge is 2.26. The van der Waals surface area contributed by atoms with E-state index in [0.29, 0.717) is 25.2 Å². The molecule has 0 radical (unpaired) electrons. The first-order chi connectivity index (χ1) is 10.3. The van der Waals surface area contributed by atoms with Crippen LogP contribution in [0, 0.1) is 5.92 Å². The lowest BCUT2D eigenvalue weighted by atomic mass is 10.0. The summed E-state index contributed by atoms with van der Waals surface area (Å²) in [6.45, 7) is 2.47. The number of nitrogens with one attached hydrogen (secondary N) is 1. The van der Waals surface area contributed by atoms with Gasteiger partial charge in [-0.2, -0.15) is 0 Å². The van der Waals surface area contributed by atoms with Gasteiger partial charge >= 0.3 is 0 Å². The summed E-state index contributed by atoms with van der Waals surface area (Å²) < 4.78 is 12.4. The van der Waals surface area contributed by atoms with E-state index in [2.05, 4.69) is 33.4 Å². The lowest BCUT2D eigenvalue weighted by molar-refractivity contribution is 0.205. The Bertz CT molecular complexity index is 495. The molecule has 2 atom stereocenters. The Morgan fingerprint density at radius 3 is 2.90 bits per heavy atom. The van der Waals surface area contributed by atoms with Crippen molar-refractivity contribution in [3.63, 3.8) is 0 Å². The van der Waals surface area contributed by atoms with Crippen LogP contribution in [0.15, 0.2) is 16.6 Å². The first-order valence-electron chi connectivity index (χ1n) is 7.70. The Labute approximate surface area is 134 Å². The third-order valence-corrected chi connectivity index (χ3v) is 4.91. The van der Waals surface area contributed by atoms with Crippen LogP contribution >= 0.6 is 15.9 Å². The van der Waals surface area contributed by atoms with E-state index in [1.54, 1.807) is 0 Å². The highest BCUT2D eigenvalue weighted by Crippen LogP contribution is 2.38. The standard InChI is InChI=1S/C16H22BrNO3/c17-13-7-11(8-15-16(13)21-6-2-5-20-15)9-18-14-4-1-3-12(14)10-19/h7-8,12,14,18-19H,1-6,9-10H2. The van der Waals surface area contributed by atoms with Gasteiger partial charge in [0.15, 0.2) is 11.5 Å². The van der Waals surface area contributed by atoms with E-state index >= 15 is 0 Å². The van der Waals surface area contributed by atoms with E-state index < -0.39 is 0 Å². The Morgan fingerprint density at radius 2 is 2.05 bits per heavy atom. The third kappa shape index (κ3) is 3.52. The molecule has 0 aromatic heterocycles. The number of aliphatic hydroxyl groups is 1. The van der Waals surface area contributed by atoms with E-state index in [9.17, 15) is 5.11 Å². The quantitative estimate of drug-likeness (QED) is 0.871. The highest BCUT2D eigenvalue weighted by atomic mass is 79.9. The van der Waals surface area contributed by atoms with Gasteiger partial charge < -0.3 is 19.9 Å². The molecule has 1 aliphatic heterocycles. The van der Waals surface area contributed by atoms with E-state index in [0.717, 1.165) is 41.8 Å². The van der Waals surface area contributed by atoms with E-state index in [-0.39, 0.29) is 6.61 Å². The predicted octanol–water partition coefficient (Wildman–Crippen LogP) is 2.86. The number of aliphatic hydroxyl groups excluding tert-OH is 1. The molecule has 1 aliphatic carbocycles. The van der Waals surface area contributed by atoms with Gasteiger partial charge in [0.1, 0.15) is 0 Å². The SMILES string of the molecule is OCC1CCCC1NCc1cc(Br)c2c(c1)OCCCO2. The molecule has 3 rings (SSSR count). The molecule has 1 aromatic rings. The molecule has 5 heteroatoms. The molecule has 2 aliphatic rings. The smallest absolute Gasteiger partial charge is 0.175 e. The molecule has 0 spiro atoms. The Kier molecular flexibility index (Phi) is 5.03. The van der Waals surface area contributed by atoms with Crippen molar-refractivity contribution >= 4 is 15.9 Å². The molecule has 0 saturated heterocycles. The second-order valence-electron chi connectivity index (χ2n) is 5.82. The largest absolute Gasteiger partial charge is 0.490 e. The minimum atomic E-state index is 0.280. The molecule has 0 amide bonds. The van der Waals surface area contributed by atoms with Gasteiger partial charge in [0.2, 0.25) is 0 Å². The number of hydrogen-bond donors (Lipinski definition) is 2. The van der Waals surface area contributed by atoms with Crippen LogP contribution in [0.3, 0.4) is 0 Å². The van der Waals surface area contributed by atoms with Crippen LogP contribution in [0.2, 0.25) is 0 Å². The van der Waals surface area contributed by atoms with Crippen molar-refractivity contribution in [2.75, 3.05) is 19.8 Å². The van der Waals surface area contributed by atoms with Crippen molar-refractivity contribution in [1.29, 1.82) is 0 Å². The van der Waals surface area contributed by atoms with Crippen molar-refractivity contribution in [1.82, 2.24) is 5.32 Å². The van der Waals surface area contributed by atoms with Gasteiger partial charge in [0.05, 0.1) is 17.7 Å². The van der Waals surface area contributed by atoms with Gasteiger partial charge in [-0.3, -0.25) is 0 Å². The lowest BCUT2D eigenvalue weighted by Gasteiger charge is -2.19. The Balaban J connectivity index is 1.68. The zero-order valence-electron chi connectivity index (χ0n) is 12.1. The van der Waals surface area contributed by atoms with Crippen LogP contribution in [-0.4, -0.2) is 31.0 Å². The van der Waals surface area contributed by atoms with Crippen molar-refractivity contribution in [2.45, 2.75) is 38.3 Å². The maximum Gasteiger partial charge on any atom is 0.175 e. The number of hydrogen-bond acceptors (Lipinski definition) is 4. The maximum absolute atomic E-state index is 9.38. The van der Waals surface area contributed by atoms with E-state index in [4.69, 9.17) is 9.47 Å². The van der Waals surface area contributed by atoms with Crippen LogP contribution in [0.25, 0.3) is 0 Å². The molecule has 1 fully saturated rings. The first kappa shape index (κ1) is 15.1. The summed E-state index contributed by atoms with van der Waals surface area (Å²) in [5.41, 5.74) is 1.18. The van der Waals surface area contributed by atoms with Gasteiger partial charge in [-0.15, -0.1) is 0 Å². The summed E-state index contributed by atoms with van der Waals surface area (Å²) in [6, 6.07) is 4.56. The normalized spacial score (nSPS) is 24.9. The number of rotatable bonds is 4. The molecular weight excluding hydrogens is 334 g/mol. The maximum atomic E-state index is 9.38. The molecule has 4 nitrogen and oxygen atoms in total. The van der Waals surface area contributed by atoms with Gasteiger partial charge in [-0.1, -0.05) is 6.42 Å². The Hall–Kier alpha value is -0.780. The molecule has 0 bridgehead atoms. The molecule has 1 saturated carbocycles. The summed E-state index contributed by atoms with van der Waals surface area (Å²) >= 11 is 3.57. The fourth-order valence-corrected chi connectivity index (χ4v) is 3.76. The van der Waals surface area contributed by atoms with Gasteiger partial charge in [0.25, 0.3) is 0 Å². The molecule has 2 N–H and O–H groups in total. The van der Waals surface area contributed by atoms with E-state index in [1.807, 2.05) is 0 Å². The van der Waals surface area contributed by atoms with Crippen LogP contribution in [0.1, 0.15) is 31.2 Å². The van der Waals surface area contributed by atoms with Crippen molar-refractivity contribution < 1.29 is 14.6 Å². The topological polar surface area (TPSA) is 50.7 Å². The van der Waals surface area contributed by atoms with Crippen molar-refractivity contribution in [2.24, 2.45) is 5.92 Å². The fraction of sp³-hybridized carbons (Fsp3) is 0.625. The number of halogens is 1. The second-order valence-corrected chi connectivity index (χ2v) is 6.67. The van der Waals surface area contributed by atoms with Gasteiger partial charge in [-0.25, -0.2) is 0 Å². The number of ether oxygens (including phenoxy) is 2. The molecular formula is C16H22BrNO3. The minimum absolute atomic E-state index is 0.280. The van der Waals surface area contributed by atoms with Crippen molar-refractivity contribution in [3.8, 4) is 11.5 Å². The minimum Gasteiger partial charge on any atom is -0.490 e. The zero-order chi connectivity index (χ0) is 14.7. The Morgan fingerprint density at radius 1 is 1.19 bits per heavy atom. The summed E-state index contributed by atoms with van der Waals surface area (Å²) in [4.78, 5) is 0. The van der Waals surface area contributed by atoms with Crippen LogP contribution in [-0.2, 0) is 6.54 Å². The number of benzene rings is 1. The average Bonchev–Trinajstić information content (AvgIpc) is 2.81. The average molecular weight is 356 g/mol. The molecule has 1 aromatic carbocycles. The molecule has 1 heterocycles. The third-order valence-electron chi connectivity index (χ3n) is 4.32. The zero-order valence-corrected chi connectivity index (χ0v) is 13.7. The monoisotopic (exact) mass is 355 g/mol. The second kappa shape index (κ2) is 6.99. The fourth-order valence-electron chi connectivity index (χ4n) is 3.16.